The van der Waals surface area contributed by atoms with Crippen molar-refractivity contribution >= 4 is 18.3 Å². The van der Waals surface area contributed by atoms with E-state index in [-0.39, 0.29) is 0 Å². The van der Waals surface area contributed by atoms with Crippen LogP contribution >= 0.6 is 8.25 Å². The Labute approximate surface area is 78.5 Å². The van der Waals surface area contributed by atoms with Crippen LogP contribution in [0.25, 0.3) is 0 Å². The molecule has 0 radical (unpaired) electrons. The third kappa shape index (κ3) is 4.64. The highest BCUT2D eigenvalue weighted by Gasteiger charge is 2.25. The molecule has 0 rings (SSSR count). The lowest BCUT2D eigenvalue weighted by Gasteiger charge is -2.15. The molecule has 78 valence electrons. The predicted molar refractivity (Wildman–Crippen MR) is 47.6 cm³/mol. The molecule has 8 heteroatoms. The zero-order chi connectivity index (χ0) is 10.5. The molecule has 0 saturated heterocycles. The van der Waals surface area contributed by atoms with E-state index in [9.17, 15) is 13.0 Å². The third-order valence-electron chi connectivity index (χ3n) is 1.41. The number of rotatable bonds is 6. The van der Waals surface area contributed by atoms with Crippen molar-refractivity contribution in [3.05, 3.63) is 0 Å². The van der Waals surface area contributed by atoms with E-state index in [1.165, 1.54) is 0 Å². The van der Waals surface area contributed by atoms with E-state index in [1.807, 2.05) is 0 Å². The lowest BCUT2D eigenvalue weighted by atomic mass is 10.7. The number of sulfonamides is 1. The van der Waals surface area contributed by atoms with E-state index in [0.29, 0.717) is 13.1 Å². The minimum Gasteiger partial charge on any atom is -0.210 e. The van der Waals surface area contributed by atoms with Crippen LogP contribution in [0.4, 0.5) is 0 Å². The molecule has 0 heterocycles. The van der Waals surface area contributed by atoms with E-state index in [0.717, 1.165) is 4.31 Å². The second kappa shape index (κ2) is 5.62. The van der Waals surface area contributed by atoms with Gasteiger partial charge in [-0.2, -0.15) is 0 Å². The maximum atomic E-state index is 11.3. The summed E-state index contributed by atoms with van der Waals surface area (Å²) in [6.07, 6.45) is 0. The summed E-state index contributed by atoms with van der Waals surface area (Å²) in [7, 11) is -6.41. The Bertz CT molecular complexity index is 260. The topological polar surface area (TPSA) is 83.9 Å². The van der Waals surface area contributed by atoms with Gasteiger partial charge in [-0.1, -0.05) is 13.8 Å². The SMILES string of the molecule is CCN(CC)S(=O)(=O)CO[P+](=O)O. The maximum Gasteiger partial charge on any atom is 0.695 e. The minimum atomic E-state index is -3.55. The highest BCUT2D eigenvalue weighted by atomic mass is 32.2. The summed E-state index contributed by atoms with van der Waals surface area (Å²) in [5.41, 5.74) is 0. The van der Waals surface area contributed by atoms with Crippen LogP contribution in [0, 0.1) is 0 Å². The molecule has 0 spiro atoms. The number of hydrogen-bond acceptors (Lipinski definition) is 4. The third-order valence-corrected chi connectivity index (χ3v) is 3.65. The summed E-state index contributed by atoms with van der Waals surface area (Å²) in [6, 6.07) is 0. The first-order chi connectivity index (χ1) is 5.94. The van der Waals surface area contributed by atoms with Gasteiger partial charge in [-0.25, -0.2) is 12.7 Å². The van der Waals surface area contributed by atoms with E-state index < -0.39 is 24.2 Å². The Hall–Kier alpha value is -0.0700. The molecule has 13 heavy (non-hydrogen) atoms. The van der Waals surface area contributed by atoms with Crippen molar-refractivity contribution in [3.8, 4) is 0 Å². The normalized spacial score (nSPS) is 13.4. The van der Waals surface area contributed by atoms with Crippen molar-refractivity contribution in [2.24, 2.45) is 0 Å². The number of hydrogen-bond donors (Lipinski definition) is 1. The highest BCUT2D eigenvalue weighted by molar-refractivity contribution is 7.89. The Morgan fingerprint density at radius 2 is 1.85 bits per heavy atom. The number of nitrogens with zero attached hydrogens (tertiary/aromatic N) is 1. The Kier molecular flexibility index (Phi) is 5.59. The van der Waals surface area contributed by atoms with Gasteiger partial charge in [-0.15, -0.1) is 9.42 Å². The average molecular weight is 230 g/mol. The molecule has 1 N–H and O–H groups in total. The monoisotopic (exact) mass is 230 g/mol. The fraction of sp³-hybridized carbons (Fsp3) is 1.00. The van der Waals surface area contributed by atoms with E-state index in [4.69, 9.17) is 4.89 Å². The molecule has 0 fully saturated rings. The van der Waals surface area contributed by atoms with Gasteiger partial charge in [0.15, 0.2) is 0 Å². The molecule has 0 aliphatic heterocycles. The fourth-order valence-electron chi connectivity index (χ4n) is 0.803. The van der Waals surface area contributed by atoms with Crippen molar-refractivity contribution in [1.29, 1.82) is 0 Å². The van der Waals surface area contributed by atoms with E-state index in [2.05, 4.69) is 4.52 Å². The molecule has 1 unspecified atom stereocenters. The van der Waals surface area contributed by atoms with Crippen LogP contribution in [0.3, 0.4) is 0 Å². The van der Waals surface area contributed by atoms with Crippen LogP contribution in [0.2, 0.25) is 0 Å². The second-order valence-corrected chi connectivity index (χ2v) is 4.83. The molecule has 0 aliphatic rings. The first-order valence-corrected chi connectivity index (χ1v) is 6.44. The fourth-order valence-corrected chi connectivity index (χ4v) is 2.63. The van der Waals surface area contributed by atoms with Gasteiger partial charge >= 0.3 is 8.25 Å². The molecule has 0 aliphatic carbocycles. The van der Waals surface area contributed by atoms with Crippen molar-refractivity contribution < 1.29 is 22.4 Å². The molecule has 0 saturated carbocycles. The van der Waals surface area contributed by atoms with Gasteiger partial charge in [-0.05, 0) is 0 Å². The first-order valence-electron chi connectivity index (χ1n) is 3.71. The Morgan fingerprint density at radius 1 is 1.38 bits per heavy atom. The maximum absolute atomic E-state index is 11.3. The van der Waals surface area contributed by atoms with Crippen LogP contribution in [-0.2, 0) is 19.1 Å². The molecule has 0 amide bonds. The summed E-state index contributed by atoms with van der Waals surface area (Å²) in [5, 5.41) is 0. The van der Waals surface area contributed by atoms with Crippen molar-refractivity contribution in [1.82, 2.24) is 4.31 Å². The lowest BCUT2D eigenvalue weighted by Crippen LogP contribution is -2.32. The lowest BCUT2D eigenvalue weighted by molar-refractivity contribution is 0.311. The smallest absolute Gasteiger partial charge is 0.210 e. The van der Waals surface area contributed by atoms with E-state index >= 15 is 0 Å². The second-order valence-electron chi connectivity index (χ2n) is 2.18. The molecule has 0 bridgehead atoms. The van der Waals surface area contributed by atoms with Crippen LogP contribution in [-0.4, -0.2) is 36.6 Å². The van der Waals surface area contributed by atoms with Gasteiger partial charge in [0.05, 0.1) is 0 Å². The summed E-state index contributed by atoms with van der Waals surface area (Å²) in [5.74, 6) is -0.750. The molecule has 0 aromatic carbocycles. The highest BCUT2D eigenvalue weighted by Crippen LogP contribution is 2.16. The largest absolute Gasteiger partial charge is 0.695 e. The summed E-state index contributed by atoms with van der Waals surface area (Å²) >= 11 is 0. The predicted octanol–water partition coefficient (Wildman–Crippen LogP) is 0.282. The van der Waals surface area contributed by atoms with Gasteiger partial charge in [-0.3, -0.25) is 0 Å². The molecule has 0 aromatic rings. The summed E-state index contributed by atoms with van der Waals surface area (Å²) < 4.78 is 37.9. The van der Waals surface area contributed by atoms with Crippen molar-refractivity contribution in [2.45, 2.75) is 13.8 Å². The zero-order valence-corrected chi connectivity index (χ0v) is 9.22. The Balaban J connectivity index is 4.30. The average Bonchev–Trinajstić information content (AvgIpc) is 2.03. The molecule has 6 nitrogen and oxygen atoms in total. The molecule has 0 aromatic heterocycles. The van der Waals surface area contributed by atoms with Gasteiger partial charge in [0.25, 0.3) is 0 Å². The summed E-state index contributed by atoms with van der Waals surface area (Å²) in [4.78, 5) is 8.25. The van der Waals surface area contributed by atoms with Gasteiger partial charge in [0.1, 0.15) is 0 Å². The standard InChI is InChI=1S/C5H12NO5PS/c1-3-6(4-2)13(9,10)5-11-12(7)8/h3-5H2,1-2H3/p+1. The summed E-state index contributed by atoms with van der Waals surface area (Å²) in [6.45, 7) is 4.01. The Morgan fingerprint density at radius 3 is 2.15 bits per heavy atom. The van der Waals surface area contributed by atoms with Crippen LogP contribution < -0.4 is 0 Å². The minimum absolute atomic E-state index is 0.324. The van der Waals surface area contributed by atoms with Gasteiger partial charge in [0.2, 0.25) is 16.0 Å². The quantitative estimate of drug-likeness (QED) is 0.662. The van der Waals surface area contributed by atoms with Crippen molar-refractivity contribution in [2.75, 3.05) is 19.0 Å². The van der Waals surface area contributed by atoms with Crippen molar-refractivity contribution in [3.63, 3.8) is 0 Å². The van der Waals surface area contributed by atoms with Crippen LogP contribution in [0.15, 0.2) is 0 Å². The first kappa shape index (κ1) is 12.9. The molecule has 1 atom stereocenters. The zero-order valence-electron chi connectivity index (χ0n) is 7.50. The van der Waals surface area contributed by atoms with Crippen LogP contribution in [0.5, 0.6) is 0 Å². The van der Waals surface area contributed by atoms with Crippen LogP contribution in [0.1, 0.15) is 13.8 Å². The molecular formula is C5H13NO5PS+. The van der Waals surface area contributed by atoms with E-state index in [1.54, 1.807) is 13.8 Å². The van der Waals surface area contributed by atoms with Gasteiger partial charge < -0.3 is 0 Å². The molecular weight excluding hydrogens is 217 g/mol. The van der Waals surface area contributed by atoms with Gasteiger partial charge in [0, 0.05) is 17.7 Å².